The predicted molar refractivity (Wildman–Crippen MR) is 169 cm³/mol. The number of amides is 1. The van der Waals surface area contributed by atoms with Gasteiger partial charge in [-0.15, -0.1) is 0 Å². The van der Waals surface area contributed by atoms with E-state index in [1.165, 1.54) is 0 Å². The predicted octanol–water partition coefficient (Wildman–Crippen LogP) is -0.179. The standard InChI is InChI=1S/C28H54INO15/c29-1-3-34-5-7-36-9-11-38-13-15-40-17-19-42-21-23-44-24-22-43-20-18-41-16-14-39-12-10-37-8-6-35-4-2-30-27(31)25-45-26-28(32)33/h1-26H2,(H,30,31)(H,32,33). The van der Waals surface area contributed by atoms with Crippen LogP contribution in [0.15, 0.2) is 0 Å². The topological polar surface area (TPSA) is 177 Å². The Morgan fingerprint density at radius 2 is 0.667 bits per heavy atom. The van der Waals surface area contributed by atoms with Gasteiger partial charge >= 0.3 is 5.97 Å². The van der Waals surface area contributed by atoms with Crippen LogP contribution in [0.2, 0.25) is 0 Å². The van der Waals surface area contributed by atoms with Gasteiger partial charge in [0, 0.05) is 11.0 Å². The van der Waals surface area contributed by atoms with Crippen LogP contribution in [-0.4, -0.2) is 187 Å². The minimum absolute atomic E-state index is 0.300. The quantitative estimate of drug-likeness (QED) is 0.0478. The average molecular weight is 772 g/mol. The minimum Gasteiger partial charge on any atom is -0.480 e. The van der Waals surface area contributed by atoms with E-state index in [0.717, 1.165) is 11.0 Å². The fraction of sp³-hybridized carbons (Fsp3) is 0.929. The number of rotatable bonds is 39. The van der Waals surface area contributed by atoms with E-state index in [4.69, 9.17) is 57.2 Å². The zero-order valence-corrected chi connectivity index (χ0v) is 28.6. The number of halogens is 1. The molecule has 268 valence electrons. The average Bonchev–Trinajstić information content (AvgIpc) is 3.02. The lowest BCUT2D eigenvalue weighted by atomic mass is 10.6. The first-order chi connectivity index (χ1) is 22.2. The van der Waals surface area contributed by atoms with Crippen molar-refractivity contribution in [2.45, 2.75) is 0 Å². The molecule has 0 aliphatic heterocycles. The molecule has 0 saturated carbocycles. The summed E-state index contributed by atoms with van der Waals surface area (Å²) in [6.45, 7) is 10.4. The van der Waals surface area contributed by atoms with Crippen molar-refractivity contribution in [2.75, 3.05) is 170 Å². The second-order valence-electron chi connectivity index (χ2n) is 8.66. The van der Waals surface area contributed by atoms with Gasteiger partial charge in [-0.05, 0) is 0 Å². The van der Waals surface area contributed by atoms with Gasteiger partial charge in [-0.2, -0.15) is 0 Å². The molecule has 0 fully saturated rings. The number of carboxylic acids is 1. The number of aliphatic carboxylic acids is 1. The Balaban J connectivity index is 3.08. The number of ether oxygens (including phenoxy) is 12. The summed E-state index contributed by atoms with van der Waals surface area (Å²) in [5, 5.41) is 11.0. The van der Waals surface area contributed by atoms with Gasteiger partial charge in [-0.1, -0.05) is 22.6 Å². The summed E-state index contributed by atoms with van der Waals surface area (Å²) in [6.07, 6.45) is 0. The molecule has 0 rings (SSSR count). The van der Waals surface area contributed by atoms with E-state index in [2.05, 4.69) is 32.6 Å². The Bertz CT molecular complexity index is 625. The number of carboxylic acid groups (broad SMARTS) is 1. The molecule has 0 aromatic heterocycles. The van der Waals surface area contributed by atoms with E-state index < -0.39 is 18.5 Å². The fourth-order valence-electron chi connectivity index (χ4n) is 2.90. The number of carbonyl (C=O) groups is 2. The highest BCUT2D eigenvalue weighted by Crippen LogP contribution is 1.88. The van der Waals surface area contributed by atoms with Gasteiger partial charge in [0.05, 0.1) is 145 Å². The Hall–Kier alpha value is -0.810. The molecule has 0 bridgehead atoms. The monoisotopic (exact) mass is 771 g/mol. The molecule has 0 aliphatic carbocycles. The van der Waals surface area contributed by atoms with E-state index in [1.807, 2.05) is 0 Å². The zero-order valence-electron chi connectivity index (χ0n) is 26.4. The molecule has 0 aliphatic rings. The van der Waals surface area contributed by atoms with Crippen LogP contribution in [0.25, 0.3) is 0 Å². The smallest absolute Gasteiger partial charge is 0.329 e. The van der Waals surface area contributed by atoms with Crippen molar-refractivity contribution in [3.05, 3.63) is 0 Å². The molecule has 2 N–H and O–H groups in total. The zero-order chi connectivity index (χ0) is 32.7. The first-order valence-electron chi connectivity index (χ1n) is 15.1. The first-order valence-corrected chi connectivity index (χ1v) is 16.7. The molecule has 0 radical (unpaired) electrons. The SMILES string of the molecule is O=C(O)COCC(=O)NCCOCCOCCOCCOCCOCCOCCOCCOCCOCCOCCOCCI. The molecular weight excluding hydrogens is 717 g/mol. The summed E-state index contributed by atoms with van der Waals surface area (Å²) in [5.41, 5.74) is 0. The molecular formula is C28H54INO15. The third-order valence-electron chi connectivity index (χ3n) is 4.97. The summed E-state index contributed by atoms with van der Waals surface area (Å²) >= 11 is 2.27. The van der Waals surface area contributed by atoms with Gasteiger partial charge in [0.15, 0.2) is 0 Å². The van der Waals surface area contributed by atoms with Crippen LogP contribution in [0.4, 0.5) is 0 Å². The lowest BCUT2D eigenvalue weighted by Crippen LogP contribution is -2.31. The largest absolute Gasteiger partial charge is 0.480 e. The first kappa shape index (κ1) is 44.2. The third kappa shape index (κ3) is 41.2. The van der Waals surface area contributed by atoms with Crippen molar-refractivity contribution in [1.82, 2.24) is 5.32 Å². The van der Waals surface area contributed by atoms with Gasteiger partial charge in [-0.3, -0.25) is 4.79 Å². The van der Waals surface area contributed by atoms with Crippen molar-refractivity contribution in [3.8, 4) is 0 Å². The molecule has 1 amide bonds. The Kier molecular flexibility index (Phi) is 38.7. The van der Waals surface area contributed by atoms with Crippen LogP contribution in [-0.2, 0) is 66.4 Å². The van der Waals surface area contributed by atoms with Crippen LogP contribution >= 0.6 is 22.6 Å². The molecule has 0 heterocycles. The molecule has 16 nitrogen and oxygen atoms in total. The van der Waals surface area contributed by atoms with Crippen molar-refractivity contribution in [1.29, 1.82) is 0 Å². The van der Waals surface area contributed by atoms with Gasteiger partial charge in [0.1, 0.15) is 13.2 Å². The molecule has 0 aromatic carbocycles. The Morgan fingerprint density at radius 3 is 0.933 bits per heavy atom. The van der Waals surface area contributed by atoms with Crippen LogP contribution in [0.1, 0.15) is 0 Å². The lowest BCUT2D eigenvalue weighted by Gasteiger charge is -2.09. The summed E-state index contributed by atoms with van der Waals surface area (Å²) in [4.78, 5) is 21.6. The normalized spacial score (nSPS) is 11.3. The maximum Gasteiger partial charge on any atom is 0.329 e. The van der Waals surface area contributed by atoms with Crippen LogP contribution in [0, 0.1) is 0 Å². The number of hydrogen-bond donors (Lipinski definition) is 2. The van der Waals surface area contributed by atoms with E-state index >= 15 is 0 Å². The Morgan fingerprint density at radius 1 is 0.400 bits per heavy atom. The van der Waals surface area contributed by atoms with Crippen LogP contribution < -0.4 is 5.32 Å². The highest BCUT2D eigenvalue weighted by molar-refractivity contribution is 14.1. The number of alkyl halides is 1. The van der Waals surface area contributed by atoms with Gasteiger partial charge in [-0.25, -0.2) is 4.79 Å². The maximum absolute atomic E-state index is 11.3. The highest BCUT2D eigenvalue weighted by atomic mass is 127. The molecule has 0 spiro atoms. The minimum atomic E-state index is -1.12. The highest BCUT2D eigenvalue weighted by Gasteiger charge is 2.03. The Labute approximate surface area is 280 Å². The second kappa shape index (κ2) is 39.4. The van der Waals surface area contributed by atoms with E-state index in [9.17, 15) is 9.59 Å². The molecule has 45 heavy (non-hydrogen) atoms. The van der Waals surface area contributed by atoms with E-state index in [1.54, 1.807) is 0 Å². The molecule has 17 heteroatoms. The van der Waals surface area contributed by atoms with Crippen molar-refractivity contribution in [3.63, 3.8) is 0 Å². The van der Waals surface area contributed by atoms with E-state index in [-0.39, 0.29) is 6.61 Å². The number of carbonyl (C=O) groups excluding carboxylic acids is 1. The third-order valence-corrected chi connectivity index (χ3v) is 5.41. The molecule has 0 unspecified atom stereocenters. The van der Waals surface area contributed by atoms with Gasteiger partial charge < -0.3 is 67.3 Å². The molecule has 0 aromatic rings. The molecule has 0 saturated heterocycles. The van der Waals surface area contributed by atoms with Gasteiger partial charge in [0.2, 0.25) is 5.91 Å². The van der Waals surface area contributed by atoms with Crippen molar-refractivity contribution < 1.29 is 71.5 Å². The van der Waals surface area contributed by atoms with Crippen LogP contribution in [0.5, 0.6) is 0 Å². The van der Waals surface area contributed by atoms with E-state index in [0.29, 0.717) is 145 Å². The van der Waals surface area contributed by atoms with Crippen molar-refractivity contribution in [2.24, 2.45) is 0 Å². The molecule has 0 atom stereocenters. The number of nitrogens with one attached hydrogen (secondary N) is 1. The number of hydrogen-bond acceptors (Lipinski definition) is 14. The summed E-state index contributed by atoms with van der Waals surface area (Å²) in [7, 11) is 0. The van der Waals surface area contributed by atoms with Crippen molar-refractivity contribution >= 4 is 34.5 Å². The lowest BCUT2D eigenvalue weighted by molar-refractivity contribution is -0.143. The second-order valence-corrected chi connectivity index (χ2v) is 9.74. The summed E-state index contributed by atoms with van der Waals surface area (Å²) in [5.74, 6) is -1.52. The summed E-state index contributed by atoms with van der Waals surface area (Å²) in [6, 6.07) is 0. The van der Waals surface area contributed by atoms with Crippen LogP contribution in [0.3, 0.4) is 0 Å². The maximum atomic E-state index is 11.3. The van der Waals surface area contributed by atoms with Gasteiger partial charge in [0.25, 0.3) is 0 Å². The fourth-order valence-corrected chi connectivity index (χ4v) is 3.21. The summed E-state index contributed by atoms with van der Waals surface area (Å²) < 4.78 is 65.2.